The largest absolute Gasteiger partial charge is 0.371 e. The highest BCUT2D eigenvalue weighted by atomic mass is 35.5. The summed E-state index contributed by atoms with van der Waals surface area (Å²) in [6.45, 7) is 2.23. The third kappa shape index (κ3) is 2.64. The molecule has 0 saturated carbocycles. The van der Waals surface area contributed by atoms with E-state index in [-0.39, 0.29) is 0 Å². The summed E-state index contributed by atoms with van der Waals surface area (Å²) >= 11 is 5.98. The van der Waals surface area contributed by atoms with Gasteiger partial charge >= 0.3 is 0 Å². The molecule has 0 amide bonds. The molecule has 3 heteroatoms. The van der Waals surface area contributed by atoms with Crippen LogP contribution in [-0.4, -0.2) is 26.2 Å². The van der Waals surface area contributed by atoms with Crippen molar-refractivity contribution < 1.29 is 0 Å². The molecule has 2 rings (SSSR count). The lowest BCUT2D eigenvalue weighted by molar-refractivity contribution is 0.442. The van der Waals surface area contributed by atoms with Crippen LogP contribution in [0, 0.1) is 0 Å². The van der Waals surface area contributed by atoms with Crippen LogP contribution in [0.1, 0.15) is 12.8 Å². The third-order valence-electron chi connectivity index (χ3n) is 3.08. The van der Waals surface area contributed by atoms with E-state index in [1.807, 2.05) is 25.2 Å². The zero-order valence-corrected chi connectivity index (χ0v) is 9.80. The summed E-state index contributed by atoms with van der Waals surface area (Å²) in [6.07, 6.45) is 2.42. The molecule has 15 heavy (non-hydrogen) atoms. The second-order valence-electron chi connectivity index (χ2n) is 4.03. The van der Waals surface area contributed by atoms with E-state index in [1.165, 1.54) is 18.5 Å². The zero-order chi connectivity index (χ0) is 10.7. The van der Waals surface area contributed by atoms with Crippen LogP contribution in [-0.2, 0) is 0 Å². The van der Waals surface area contributed by atoms with Crippen molar-refractivity contribution in [2.24, 2.45) is 0 Å². The number of hydrogen-bond acceptors (Lipinski definition) is 2. The molecule has 1 aromatic carbocycles. The van der Waals surface area contributed by atoms with Crippen LogP contribution in [0.25, 0.3) is 0 Å². The van der Waals surface area contributed by atoms with Gasteiger partial charge in [0.05, 0.1) is 0 Å². The molecular weight excluding hydrogens is 208 g/mol. The van der Waals surface area contributed by atoms with E-state index in [0.29, 0.717) is 6.04 Å². The third-order valence-corrected chi connectivity index (χ3v) is 3.31. The van der Waals surface area contributed by atoms with Crippen molar-refractivity contribution in [3.63, 3.8) is 0 Å². The van der Waals surface area contributed by atoms with Crippen LogP contribution in [0.5, 0.6) is 0 Å². The number of nitrogens with zero attached hydrogens (tertiary/aromatic N) is 1. The molecule has 1 aliphatic rings. The highest BCUT2D eigenvalue weighted by Gasteiger charge is 2.17. The van der Waals surface area contributed by atoms with Crippen LogP contribution in [0.3, 0.4) is 0 Å². The second kappa shape index (κ2) is 4.86. The molecule has 0 bridgehead atoms. The van der Waals surface area contributed by atoms with Gasteiger partial charge in [-0.3, -0.25) is 0 Å². The molecule has 1 aromatic rings. The predicted molar refractivity (Wildman–Crippen MR) is 65.7 cm³/mol. The number of anilines is 1. The minimum atomic E-state index is 0.681. The first-order valence-corrected chi connectivity index (χ1v) is 5.85. The maximum Gasteiger partial charge on any atom is 0.0426 e. The lowest BCUT2D eigenvalue weighted by atomic mass is 10.0. The molecule has 0 unspecified atom stereocenters. The Balaban J connectivity index is 2.01. The summed E-state index contributed by atoms with van der Waals surface area (Å²) in [7, 11) is 2.04. The van der Waals surface area contributed by atoms with Crippen molar-refractivity contribution in [2.45, 2.75) is 18.9 Å². The number of benzene rings is 1. The lowest BCUT2D eigenvalue weighted by Crippen LogP contribution is -2.41. The average molecular weight is 225 g/mol. The van der Waals surface area contributed by atoms with E-state index >= 15 is 0 Å². The Morgan fingerprint density at radius 2 is 2.07 bits per heavy atom. The molecule has 1 aliphatic heterocycles. The van der Waals surface area contributed by atoms with Crippen molar-refractivity contribution in [2.75, 3.05) is 25.0 Å². The fourth-order valence-corrected chi connectivity index (χ4v) is 2.28. The standard InChI is InChI=1S/C12H17ClN2/c1-14-11-5-7-15(8-6-11)12-4-2-3-10(13)9-12/h2-4,9,11,14H,5-8H2,1H3. The Hall–Kier alpha value is -0.730. The minimum Gasteiger partial charge on any atom is -0.371 e. The van der Waals surface area contributed by atoms with Crippen LogP contribution in [0.2, 0.25) is 5.02 Å². The molecule has 0 atom stereocenters. The Bertz CT molecular complexity index is 319. The van der Waals surface area contributed by atoms with Crippen LogP contribution in [0.4, 0.5) is 5.69 Å². The highest BCUT2D eigenvalue weighted by molar-refractivity contribution is 6.30. The number of piperidine rings is 1. The van der Waals surface area contributed by atoms with Gasteiger partial charge in [-0.2, -0.15) is 0 Å². The van der Waals surface area contributed by atoms with Crippen molar-refractivity contribution in [1.29, 1.82) is 0 Å². The molecular formula is C12H17ClN2. The second-order valence-corrected chi connectivity index (χ2v) is 4.47. The SMILES string of the molecule is CNC1CCN(c2cccc(Cl)c2)CC1. The molecule has 1 N–H and O–H groups in total. The van der Waals surface area contributed by atoms with Crippen molar-refractivity contribution in [3.05, 3.63) is 29.3 Å². The summed E-state index contributed by atoms with van der Waals surface area (Å²) in [5.41, 5.74) is 1.25. The van der Waals surface area contributed by atoms with Gasteiger partial charge in [0.15, 0.2) is 0 Å². The van der Waals surface area contributed by atoms with Crippen molar-refractivity contribution >= 4 is 17.3 Å². The van der Waals surface area contributed by atoms with E-state index < -0.39 is 0 Å². The van der Waals surface area contributed by atoms with Crippen LogP contribution < -0.4 is 10.2 Å². The van der Waals surface area contributed by atoms with E-state index in [1.54, 1.807) is 0 Å². The monoisotopic (exact) mass is 224 g/mol. The Morgan fingerprint density at radius 1 is 1.33 bits per heavy atom. The van der Waals surface area contributed by atoms with Gasteiger partial charge in [0.1, 0.15) is 0 Å². The molecule has 0 radical (unpaired) electrons. The Kier molecular flexibility index (Phi) is 3.49. The normalized spacial score (nSPS) is 18.1. The number of hydrogen-bond donors (Lipinski definition) is 1. The number of halogens is 1. The number of rotatable bonds is 2. The van der Waals surface area contributed by atoms with E-state index in [4.69, 9.17) is 11.6 Å². The Morgan fingerprint density at radius 3 is 2.67 bits per heavy atom. The first-order chi connectivity index (χ1) is 7.29. The maximum absolute atomic E-state index is 5.98. The van der Waals surface area contributed by atoms with Gasteiger partial charge in [0.25, 0.3) is 0 Å². The minimum absolute atomic E-state index is 0.681. The topological polar surface area (TPSA) is 15.3 Å². The van der Waals surface area contributed by atoms with Gasteiger partial charge in [-0.05, 0) is 38.1 Å². The van der Waals surface area contributed by atoms with Crippen molar-refractivity contribution in [3.8, 4) is 0 Å². The zero-order valence-electron chi connectivity index (χ0n) is 9.04. The van der Waals surface area contributed by atoms with E-state index in [2.05, 4.69) is 16.3 Å². The molecule has 0 aromatic heterocycles. The van der Waals surface area contributed by atoms with Gasteiger partial charge in [0.2, 0.25) is 0 Å². The molecule has 1 heterocycles. The van der Waals surface area contributed by atoms with Crippen LogP contribution in [0.15, 0.2) is 24.3 Å². The first kappa shape index (κ1) is 10.8. The average Bonchev–Trinajstić information content (AvgIpc) is 2.29. The van der Waals surface area contributed by atoms with Gasteiger partial charge in [0, 0.05) is 29.8 Å². The molecule has 1 fully saturated rings. The summed E-state index contributed by atoms with van der Waals surface area (Å²) in [5, 5.41) is 4.16. The Labute approximate surface area is 96.2 Å². The van der Waals surface area contributed by atoms with E-state index in [0.717, 1.165) is 18.1 Å². The lowest BCUT2D eigenvalue weighted by Gasteiger charge is -2.33. The molecule has 1 saturated heterocycles. The first-order valence-electron chi connectivity index (χ1n) is 5.47. The van der Waals surface area contributed by atoms with Gasteiger partial charge < -0.3 is 10.2 Å². The predicted octanol–water partition coefficient (Wildman–Crippen LogP) is 2.53. The molecule has 0 spiro atoms. The van der Waals surface area contributed by atoms with Crippen molar-refractivity contribution in [1.82, 2.24) is 5.32 Å². The molecule has 2 nitrogen and oxygen atoms in total. The quantitative estimate of drug-likeness (QED) is 0.831. The fraction of sp³-hybridized carbons (Fsp3) is 0.500. The number of nitrogens with one attached hydrogen (secondary N) is 1. The van der Waals surface area contributed by atoms with Gasteiger partial charge in [-0.1, -0.05) is 17.7 Å². The molecule has 82 valence electrons. The van der Waals surface area contributed by atoms with Gasteiger partial charge in [-0.15, -0.1) is 0 Å². The smallest absolute Gasteiger partial charge is 0.0426 e. The van der Waals surface area contributed by atoms with Gasteiger partial charge in [-0.25, -0.2) is 0 Å². The fourth-order valence-electron chi connectivity index (χ4n) is 2.10. The van der Waals surface area contributed by atoms with E-state index in [9.17, 15) is 0 Å². The summed E-state index contributed by atoms with van der Waals surface area (Å²) in [5.74, 6) is 0. The summed E-state index contributed by atoms with van der Waals surface area (Å²) in [6, 6.07) is 8.79. The molecule has 0 aliphatic carbocycles. The highest BCUT2D eigenvalue weighted by Crippen LogP contribution is 2.22. The van der Waals surface area contributed by atoms with Crippen LogP contribution >= 0.6 is 11.6 Å². The maximum atomic E-state index is 5.98. The summed E-state index contributed by atoms with van der Waals surface area (Å²) in [4.78, 5) is 2.40. The summed E-state index contributed by atoms with van der Waals surface area (Å²) < 4.78 is 0.